The first kappa shape index (κ1) is 9.07. The first-order valence-electron chi connectivity index (χ1n) is 5.15. The van der Waals surface area contributed by atoms with E-state index in [1.807, 2.05) is 18.2 Å². The summed E-state index contributed by atoms with van der Waals surface area (Å²) in [5.41, 5.74) is 8.30. The fraction of sp³-hybridized carbons (Fsp3) is 0.250. The van der Waals surface area contributed by atoms with E-state index in [0.717, 1.165) is 23.5 Å². The van der Waals surface area contributed by atoms with Gasteiger partial charge < -0.3 is 5.73 Å². The van der Waals surface area contributed by atoms with Gasteiger partial charge in [-0.2, -0.15) is 0 Å². The molecule has 1 atom stereocenters. The minimum Gasteiger partial charge on any atom is -0.323 e. The van der Waals surface area contributed by atoms with E-state index in [4.69, 9.17) is 5.73 Å². The van der Waals surface area contributed by atoms with Gasteiger partial charge in [0.25, 0.3) is 0 Å². The molecule has 15 heavy (non-hydrogen) atoms. The monoisotopic (exact) mass is 216 g/mol. The highest BCUT2D eigenvalue weighted by Crippen LogP contribution is 2.37. The topological polar surface area (TPSA) is 38.9 Å². The Morgan fingerprint density at radius 2 is 2.07 bits per heavy atom. The van der Waals surface area contributed by atoms with Crippen LogP contribution in [0.2, 0.25) is 0 Å². The third-order valence-corrected chi connectivity index (χ3v) is 3.96. The van der Waals surface area contributed by atoms with Gasteiger partial charge >= 0.3 is 0 Å². The fourth-order valence-electron chi connectivity index (χ4n) is 1.96. The number of rotatable bonds is 1. The van der Waals surface area contributed by atoms with Gasteiger partial charge in [-0.1, -0.05) is 30.3 Å². The highest BCUT2D eigenvalue weighted by molar-refractivity contribution is 7.15. The number of aromatic nitrogens is 1. The molecule has 0 radical (unpaired) electrons. The van der Waals surface area contributed by atoms with Gasteiger partial charge in [-0.05, 0) is 12.8 Å². The summed E-state index contributed by atoms with van der Waals surface area (Å²) in [6.07, 6.45) is 2.16. The molecule has 3 heteroatoms. The number of benzene rings is 1. The van der Waals surface area contributed by atoms with Crippen LogP contribution in [-0.2, 0) is 6.42 Å². The first-order chi connectivity index (χ1) is 7.34. The molecule has 0 amide bonds. The molecule has 0 saturated carbocycles. The molecule has 0 saturated heterocycles. The van der Waals surface area contributed by atoms with E-state index in [9.17, 15) is 0 Å². The Bertz CT molecular complexity index is 476. The largest absolute Gasteiger partial charge is 0.323 e. The minimum atomic E-state index is 0.161. The Hall–Kier alpha value is -1.19. The predicted octanol–water partition coefficient (Wildman–Crippen LogP) is 2.76. The smallest absolute Gasteiger partial charge is 0.123 e. The molecule has 0 fully saturated rings. The number of fused-ring (bicyclic) bond motifs is 1. The van der Waals surface area contributed by atoms with Gasteiger partial charge in [0.2, 0.25) is 0 Å². The lowest BCUT2D eigenvalue weighted by molar-refractivity contribution is 0.698. The molecule has 1 aromatic heterocycles. The van der Waals surface area contributed by atoms with Crippen LogP contribution in [-0.4, -0.2) is 4.98 Å². The van der Waals surface area contributed by atoms with Gasteiger partial charge in [-0.3, -0.25) is 0 Å². The maximum absolute atomic E-state index is 5.98. The lowest BCUT2D eigenvalue weighted by atomic mass is 10.2. The third kappa shape index (κ3) is 1.48. The summed E-state index contributed by atoms with van der Waals surface area (Å²) in [4.78, 5) is 6.01. The second kappa shape index (κ2) is 3.43. The van der Waals surface area contributed by atoms with E-state index < -0.39 is 0 Å². The van der Waals surface area contributed by atoms with E-state index in [-0.39, 0.29) is 6.04 Å². The van der Waals surface area contributed by atoms with Crippen molar-refractivity contribution >= 4 is 11.3 Å². The predicted molar refractivity (Wildman–Crippen MR) is 62.8 cm³/mol. The highest BCUT2D eigenvalue weighted by atomic mass is 32.1. The number of nitrogens with two attached hydrogens (primary N) is 1. The van der Waals surface area contributed by atoms with Crippen molar-refractivity contribution in [2.45, 2.75) is 18.9 Å². The van der Waals surface area contributed by atoms with Crippen molar-refractivity contribution in [1.29, 1.82) is 0 Å². The van der Waals surface area contributed by atoms with Crippen LogP contribution in [0.5, 0.6) is 0 Å². The molecule has 1 heterocycles. The quantitative estimate of drug-likeness (QED) is 0.796. The molecule has 0 bridgehead atoms. The van der Waals surface area contributed by atoms with Crippen molar-refractivity contribution in [3.05, 3.63) is 40.9 Å². The van der Waals surface area contributed by atoms with Crippen LogP contribution in [0.1, 0.15) is 23.0 Å². The van der Waals surface area contributed by atoms with Crippen LogP contribution in [0, 0.1) is 0 Å². The Morgan fingerprint density at radius 3 is 2.80 bits per heavy atom. The minimum absolute atomic E-state index is 0.161. The van der Waals surface area contributed by atoms with Gasteiger partial charge in [0.1, 0.15) is 5.01 Å². The lowest BCUT2D eigenvalue weighted by Crippen LogP contribution is -2.05. The van der Waals surface area contributed by atoms with Crippen molar-refractivity contribution in [3.8, 4) is 10.6 Å². The molecule has 0 spiro atoms. The molecular weight excluding hydrogens is 204 g/mol. The average molecular weight is 216 g/mol. The third-order valence-electron chi connectivity index (χ3n) is 2.78. The summed E-state index contributed by atoms with van der Waals surface area (Å²) in [6.45, 7) is 0. The Balaban J connectivity index is 2.05. The van der Waals surface area contributed by atoms with E-state index >= 15 is 0 Å². The number of hydrogen-bond acceptors (Lipinski definition) is 3. The van der Waals surface area contributed by atoms with Crippen LogP contribution < -0.4 is 5.73 Å². The zero-order valence-electron chi connectivity index (χ0n) is 8.31. The van der Waals surface area contributed by atoms with E-state index in [2.05, 4.69) is 17.1 Å². The number of aryl methyl sites for hydroxylation is 1. The first-order valence-corrected chi connectivity index (χ1v) is 5.97. The second-order valence-corrected chi connectivity index (χ2v) is 4.92. The van der Waals surface area contributed by atoms with Crippen molar-refractivity contribution in [1.82, 2.24) is 4.98 Å². The number of hydrogen-bond donors (Lipinski definition) is 1. The van der Waals surface area contributed by atoms with Crippen LogP contribution in [0.4, 0.5) is 0 Å². The lowest BCUT2D eigenvalue weighted by Gasteiger charge is -1.99. The zero-order valence-corrected chi connectivity index (χ0v) is 9.13. The van der Waals surface area contributed by atoms with E-state index in [1.165, 1.54) is 10.4 Å². The van der Waals surface area contributed by atoms with E-state index in [0.29, 0.717) is 0 Å². The second-order valence-electron chi connectivity index (χ2n) is 3.84. The average Bonchev–Trinajstić information content (AvgIpc) is 2.83. The van der Waals surface area contributed by atoms with Crippen LogP contribution in [0.3, 0.4) is 0 Å². The molecular formula is C12H12N2S. The normalized spacial score (nSPS) is 19.1. The SMILES string of the molecule is NC1CCc2sc(-c3ccccc3)nc21. The zero-order chi connectivity index (χ0) is 10.3. The fourth-order valence-corrected chi connectivity index (χ4v) is 3.11. The van der Waals surface area contributed by atoms with Crippen molar-refractivity contribution in [2.24, 2.45) is 5.73 Å². The standard InChI is InChI=1S/C12H12N2S/c13-9-6-7-10-11(9)14-12(15-10)8-4-2-1-3-5-8/h1-5,9H,6-7,13H2. The van der Waals surface area contributed by atoms with Crippen molar-refractivity contribution in [2.75, 3.05) is 0 Å². The number of nitrogens with zero attached hydrogens (tertiary/aromatic N) is 1. The maximum Gasteiger partial charge on any atom is 0.123 e. The van der Waals surface area contributed by atoms with Gasteiger partial charge in [-0.15, -0.1) is 11.3 Å². The van der Waals surface area contributed by atoms with Crippen molar-refractivity contribution < 1.29 is 0 Å². The van der Waals surface area contributed by atoms with Gasteiger partial charge in [-0.25, -0.2) is 4.98 Å². The van der Waals surface area contributed by atoms with Gasteiger partial charge in [0.05, 0.1) is 5.69 Å². The summed E-state index contributed by atoms with van der Waals surface area (Å²) in [5.74, 6) is 0. The Labute approximate surface area is 92.8 Å². The molecule has 1 aliphatic carbocycles. The molecule has 2 N–H and O–H groups in total. The molecule has 76 valence electrons. The Morgan fingerprint density at radius 1 is 1.27 bits per heavy atom. The summed E-state index contributed by atoms with van der Waals surface area (Å²) >= 11 is 1.79. The molecule has 3 rings (SSSR count). The molecule has 0 aliphatic heterocycles. The molecule has 1 unspecified atom stereocenters. The summed E-state index contributed by atoms with van der Waals surface area (Å²) in [5, 5.41) is 1.11. The summed E-state index contributed by atoms with van der Waals surface area (Å²) < 4.78 is 0. The van der Waals surface area contributed by atoms with Gasteiger partial charge in [0, 0.05) is 16.5 Å². The summed E-state index contributed by atoms with van der Waals surface area (Å²) in [6, 6.07) is 10.5. The Kier molecular flexibility index (Phi) is 2.08. The van der Waals surface area contributed by atoms with Crippen LogP contribution >= 0.6 is 11.3 Å². The highest BCUT2D eigenvalue weighted by Gasteiger charge is 2.24. The molecule has 1 aliphatic rings. The van der Waals surface area contributed by atoms with Crippen LogP contribution in [0.25, 0.3) is 10.6 Å². The molecule has 2 aromatic rings. The van der Waals surface area contributed by atoms with Crippen LogP contribution in [0.15, 0.2) is 30.3 Å². The van der Waals surface area contributed by atoms with Gasteiger partial charge in [0.15, 0.2) is 0 Å². The summed E-state index contributed by atoms with van der Waals surface area (Å²) in [7, 11) is 0. The molecule has 1 aromatic carbocycles. The van der Waals surface area contributed by atoms with E-state index in [1.54, 1.807) is 11.3 Å². The van der Waals surface area contributed by atoms with Crippen molar-refractivity contribution in [3.63, 3.8) is 0 Å². The maximum atomic E-state index is 5.98. The molecule has 2 nitrogen and oxygen atoms in total. The number of thiazole rings is 1.